The summed E-state index contributed by atoms with van der Waals surface area (Å²) >= 11 is 0. The van der Waals surface area contributed by atoms with E-state index in [1.807, 2.05) is 0 Å². The van der Waals surface area contributed by atoms with E-state index < -0.39 is 0 Å². The van der Waals surface area contributed by atoms with Crippen LogP contribution in [0.3, 0.4) is 0 Å². The Labute approximate surface area is 138 Å². The van der Waals surface area contributed by atoms with Crippen LogP contribution in [0.2, 0.25) is 0 Å². The predicted molar refractivity (Wildman–Crippen MR) is 96.9 cm³/mol. The molecule has 0 atom stereocenters. The van der Waals surface area contributed by atoms with Crippen molar-refractivity contribution < 1.29 is 4.58 Å². The summed E-state index contributed by atoms with van der Waals surface area (Å²) in [4.78, 5) is 2.46. The molecular formula is C21H23N2+. The molecule has 2 aromatic carbocycles. The highest BCUT2D eigenvalue weighted by Gasteiger charge is 2.29. The number of allylic oxidation sites excluding steroid dienone is 2. The van der Waals surface area contributed by atoms with Crippen LogP contribution in [0.4, 0.5) is 11.4 Å². The fourth-order valence-corrected chi connectivity index (χ4v) is 3.93. The smallest absolute Gasteiger partial charge is 0.209 e. The summed E-state index contributed by atoms with van der Waals surface area (Å²) in [5.74, 6) is 0. The van der Waals surface area contributed by atoms with Gasteiger partial charge in [0.05, 0.1) is 6.42 Å². The van der Waals surface area contributed by atoms with Gasteiger partial charge in [-0.15, -0.1) is 0 Å². The Morgan fingerprint density at radius 2 is 1.70 bits per heavy atom. The maximum absolute atomic E-state index is 2.46. The molecule has 23 heavy (non-hydrogen) atoms. The Morgan fingerprint density at radius 3 is 2.48 bits per heavy atom. The summed E-state index contributed by atoms with van der Waals surface area (Å²) in [7, 11) is 0. The molecule has 0 aromatic heterocycles. The van der Waals surface area contributed by atoms with E-state index in [1.54, 1.807) is 0 Å². The molecular weight excluding hydrogens is 280 g/mol. The third kappa shape index (κ3) is 2.29. The van der Waals surface area contributed by atoms with Crippen LogP contribution in [0.1, 0.15) is 25.0 Å². The van der Waals surface area contributed by atoms with E-state index >= 15 is 0 Å². The molecule has 116 valence electrons. The van der Waals surface area contributed by atoms with Gasteiger partial charge in [-0.05, 0) is 25.5 Å². The topological polar surface area (TPSA) is 6.25 Å². The van der Waals surface area contributed by atoms with Crippen molar-refractivity contribution in [2.24, 2.45) is 0 Å². The second kappa shape index (κ2) is 5.69. The van der Waals surface area contributed by atoms with E-state index in [1.165, 1.54) is 33.9 Å². The molecule has 0 saturated heterocycles. The molecule has 0 fully saturated rings. The fraction of sp³-hybridized carbons (Fsp3) is 0.286. The maximum Gasteiger partial charge on any atom is 0.209 e. The molecule has 0 spiro atoms. The number of fused-ring (bicyclic) bond motifs is 2. The lowest BCUT2D eigenvalue weighted by atomic mass is 10.1. The third-order valence-electron chi connectivity index (χ3n) is 4.97. The van der Waals surface area contributed by atoms with Crippen LogP contribution < -0.4 is 4.90 Å². The molecule has 2 heterocycles. The zero-order chi connectivity index (χ0) is 15.8. The Bertz CT molecular complexity index is 814. The van der Waals surface area contributed by atoms with E-state index in [9.17, 15) is 0 Å². The number of hydrogen-bond acceptors (Lipinski definition) is 1. The molecule has 0 amide bonds. The maximum atomic E-state index is 2.46. The third-order valence-corrected chi connectivity index (χ3v) is 4.97. The van der Waals surface area contributed by atoms with Crippen LogP contribution in [-0.2, 0) is 12.8 Å². The molecule has 0 aliphatic carbocycles. The van der Waals surface area contributed by atoms with E-state index in [2.05, 4.69) is 77.9 Å². The van der Waals surface area contributed by atoms with Gasteiger partial charge >= 0.3 is 0 Å². The van der Waals surface area contributed by atoms with Gasteiger partial charge in [-0.3, -0.25) is 0 Å². The molecule has 0 saturated carbocycles. The largest absolute Gasteiger partial charge is 0.345 e. The minimum atomic E-state index is 1.02. The second-order valence-electron chi connectivity index (χ2n) is 6.23. The summed E-state index contributed by atoms with van der Waals surface area (Å²) in [6.45, 7) is 6.52. The van der Waals surface area contributed by atoms with Crippen LogP contribution in [0.25, 0.3) is 0 Å². The highest BCUT2D eigenvalue weighted by atomic mass is 15.2. The van der Waals surface area contributed by atoms with Gasteiger partial charge in [0, 0.05) is 42.1 Å². The molecule has 2 aromatic rings. The summed E-state index contributed by atoms with van der Waals surface area (Å²) in [6.07, 6.45) is 4.51. The van der Waals surface area contributed by atoms with Crippen LogP contribution in [-0.4, -0.2) is 23.4 Å². The van der Waals surface area contributed by atoms with Crippen molar-refractivity contribution in [3.63, 3.8) is 0 Å². The van der Waals surface area contributed by atoms with Gasteiger partial charge in [0.1, 0.15) is 6.54 Å². The summed E-state index contributed by atoms with van der Waals surface area (Å²) in [6, 6.07) is 17.6. The quantitative estimate of drug-likeness (QED) is 0.766. The van der Waals surface area contributed by atoms with E-state index in [0.29, 0.717) is 0 Å². The van der Waals surface area contributed by atoms with Crippen LogP contribution >= 0.6 is 0 Å². The van der Waals surface area contributed by atoms with Gasteiger partial charge in [0.25, 0.3) is 0 Å². The lowest BCUT2D eigenvalue weighted by Gasteiger charge is -2.18. The highest BCUT2D eigenvalue weighted by Crippen LogP contribution is 2.35. The molecule has 0 unspecified atom stereocenters. The number of benzene rings is 2. The second-order valence-corrected chi connectivity index (χ2v) is 6.23. The van der Waals surface area contributed by atoms with Crippen LogP contribution in [0.5, 0.6) is 0 Å². The number of hydrogen-bond donors (Lipinski definition) is 0. The molecule has 0 bridgehead atoms. The van der Waals surface area contributed by atoms with E-state index in [-0.39, 0.29) is 0 Å². The normalized spacial score (nSPS) is 17.8. The Kier molecular flexibility index (Phi) is 3.53. The first-order chi connectivity index (χ1) is 11.3. The van der Waals surface area contributed by atoms with Gasteiger partial charge in [-0.25, -0.2) is 0 Å². The number of nitrogens with zero attached hydrogens (tertiary/aromatic N) is 2. The van der Waals surface area contributed by atoms with E-state index in [0.717, 1.165) is 25.9 Å². The van der Waals surface area contributed by atoms with Crippen molar-refractivity contribution in [3.8, 4) is 0 Å². The minimum Gasteiger partial charge on any atom is -0.345 e. The van der Waals surface area contributed by atoms with Crippen molar-refractivity contribution in [2.75, 3.05) is 18.0 Å². The van der Waals surface area contributed by atoms with E-state index in [4.69, 9.17) is 0 Å². The Morgan fingerprint density at radius 1 is 0.957 bits per heavy atom. The standard InChI is InChI=1S/C21H23N2/c1-3-22-18(13-16-9-5-7-11-20(16)22)15-19-14-17-10-6-8-12-21(17)23(19)4-2/h5-12,15H,3-4,13-14H2,1-2H3/q+1. The van der Waals surface area contributed by atoms with Gasteiger partial charge in [0.15, 0.2) is 5.71 Å². The predicted octanol–water partition coefficient (Wildman–Crippen LogP) is 4.31. The van der Waals surface area contributed by atoms with Crippen LogP contribution in [0, 0.1) is 0 Å². The van der Waals surface area contributed by atoms with Gasteiger partial charge in [-0.1, -0.05) is 36.4 Å². The number of rotatable bonds is 3. The molecule has 2 heteroatoms. The first-order valence-electron chi connectivity index (χ1n) is 8.59. The summed E-state index contributed by atoms with van der Waals surface area (Å²) in [5.41, 5.74) is 8.49. The van der Waals surface area contributed by atoms with Crippen LogP contribution in [0.15, 0.2) is 60.3 Å². The lowest BCUT2D eigenvalue weighted by Crippen LogP contribution is -2.20. The zero-order valence-electron chi connectivity index (χ0n) is 13.9. The van der Waals surface area contributed by atoms with Crippen molar-refractivity contribution in [1.82, 2.24) is 0 Å². The summed E-state index contributed by atoms with van der Waals surface area (Å²) in [5, 5.41) is 0. The van der Waals surface area contributed by atoms with Crippen molar-refractivity contribution in [1.29, 1.82) is 0 Å². The molecule has 4 rings (SSSR count). The first kappa shape index (κ1) is 14.3. The number of para-hydroxylation sites is 2. The number of likely N-dealkylation sites (N-methyl/N-ethyl adjacent to an activating group) is 1. The van der Waals surface area contributed by atoms with Crippen molar-refractivity contribution in [2.45, 2.75) is 26.7 Å². The molecule has 2 aliphatic heterocycles. The van der Waals surface area contributed by atoms with Gasteiger partial charge in [0.2, 0.25) is 5.69 Å². The SMILES string of the molecule is CCN1/C(=C/C2=[N+](CC)c3ccccc3C2)Cc2ccccc21. The van der Waals surface area contributed by atoms with Gasteiger partial charge in [-0.2, -0.15) is 4.58 Å². The van der Waals surface area contributed by atoms with Crippen molar-refractivity contribution in [3.05, 3.63) is 71.4 Å². The molecule has 2 aliphatic rings. The molecule has 2 nitrogen and oxygen atoms in total. The first-order valence-corrected chi connectivity index (χ1v) is 8.59. The molecule has 0 radical (unpaired) electrons. The minimum absolute atomic E-state index is 1.02. The average Bonchev–Trinajstić information content (AvgIpc) is 3.11. The Balaban J connectivity index is 1.74. The van der Waals surface area contributed by atoms with Crippen molar-refractivity contribution >= 4 is 17.1 Å². The lowest BCUT2D eigenvalue weighted by molar-refractivity contribution is -0.432. The highest BCUT2D eigenvalue weighted by molar-refractivity contribution is 5.97. The monoisotopic (exact) mass is 303 g/mol. The number of anilines is 1. The fourth-order valence-electron chi connectivity index (χ4n) is 3.93. The Hall–Kier alpha value is -2.35. The molecule has 0 N–H and O–H groups in total. The summed E-state index contributed by atoms with van der Waals surface area (Å²) < 4.78 is 2.46. The zero-order valence-corrected chi connectivity index (χ0v) is 13.9. The average molecular weight is 303 g/mol. The van der Waals surface area contributed by atoms with Gasteiger partial charge < -0.3 is 4.90 Å².